The van der Waals surface area contributed by atoms with Crippen molar-refractivity contribution in [3.63, 3.8) is 0 Å². The molecule has 1 aliphatic heterocycles. The standard InChI is InChI=1S/C15H26N4/c1-17(2)15-5-3-14(4-6-15)13-19-11-9-18(8-7-16)10-12-19/h3-6H,7-13,16H2,1-2H3. The summed E-state index contributed by atoms with van der Waals surface area (Å²) in [5.41, 5.74) is 8.26. The molecule has 2 N–H and O–H groups in total. The van der Waals surface area contributed by atoms with E-state index >= 15 is 0 Å². The van der Waals surface area contributed by atoms with Gasteiger partial charge in [0, 0.05) is 65.6 Å². The second-order valence-corrected chi connectivity index (χ2v) is 5.47. The van der Waals surface area contributed by atoms with Crippen LogP contribution in [0.5, 0.6) is 0 Å². The monoisotopic (exact) mass is 262 g/mol. The third-order valence-electron chi connectivity index (χ3n) is 3.77. The molecule has 1 fully saturated rings. The molecule has 1 aromatic carbocycles. The Labute approximate surface area is 116 Å². The SMILES string of the molecule is CN(C)c1ccc(CN2CCN(CCN)CC2)cc1. The van der Waals surface area contributed by atoms with Gasteiger partial charge in [0.2, 0.25) is 0 Å². The summed E-state index contributed by atoms with van der Waals surface area (Å²) in [5, 5.41) is 0. The number of rotatable bonds is 5. The van der Waals surface area contributed by atoms with E-state index < -0.39 is 0 Å². The van der Waals surface area contributed by atoms with E-state index in [1.54, 1.807) is 0 Å². The lowest BCUT2D eigenvalue weighted by Crippen LogP contribution is -2.47. The van der Waals surface area contributed by atoms with Crippen LogP contribution < -0.4 is 10.6 Å². The van der Waals surface area contributed by atoms with E-state index in [-0.39, 0.29) is 0 Å². The van der Waals surface area contributed by atoms with Crippen molar-refractivity contribution in [1.82, 2.24) is 9.80 Å². The Morgan fingerprint density at radius 1 is 1.00 bits per heavy atom. The first-order valence-corrected chi connectivity index (χ1v) is 7.10. The summed E-state index contributed by atoms with van der Waals surface area (Å²) in [6.07, 6.45) is 0. The maximum Gasteiger partial charge on any atom is 0.0361 e. The molecule has 106 valence electrons. The average molecular weight is 262 g/mol. The van der Waals surface area contributed by atoms with Crippen LogP contribution in [-0.2, 0) is 6.54 Å². The van der Waals surface area contributed by atoms with Crippen molar-refractivity contribution in [3.05, 3.63) is 29.8 Å². The molecule has 0 unspecified atom stereocenters. The fraction of sp³-hybridized carbons (Fsp3) is 0.600. The maximum atomic E-state index is 5.60. The van der Waals surface area contributed by atoms with Gasteiger partial charge in [-0.1, -0.05) is 12.1 Å². The zero-order valence-electron chi connectivity index (χ0n) is 12.2. The molecule has 0 saturated carbocycles. The summed E-state index contributed by atoms with van der Waals surface area (Å²) in [6.45, 7) is 7.45. The number of nitrogens with two attached hydrogens (primary N) is 1. The quantitative estimate of drug-likeness (QED) is 0.852. The van der Waals surface area contributed by atoms with Gasteiger partial charge in [-0.25, -0.2) is 0 Å². The van der Waals surface area contributed by atoms with Crippen molar-refractivity contribution < 1.29 is 0 Å². The summed E-state index contributed by atoms with van der Waals surface area (Å²) < 4.78 is 0. The molecule has 0 spiro atoms. The van der Waals surface area contributed by atoms with Crippen LogP contribution in [0.25, 0.3) is 0 Å². The summed E-state index contributed by atoms with van der Waals surface area (Å²) in [7, 11) is 4.15. The summed E-state index contributed by atoms with van der Waals surface area (Å²) >= 11 is 0. The predicted octanol–water partition coefficient (Wildman–Crippen LogP) is 0.829. The molecule has 0 atom stereocenters. The predicted molar refractivity (Wildman–Crippen MR) is 81.5 cm³/mol. The van der Waals surface area contributed by atoms with Gasteiger partial charge in [-0.2, -0.15) is 0 Å². The Kier molecular flexibility index (Phi) is 5.19. The molecule has 1 aliphatic rings. The van der Waals surface area contributed by atoms with Gasteiger partial charge in [-0.15, -0.1) is 0 Å². The lowest BCUT2D eigenvalue weighted by Gasteiger charge is -2.34. The minimum atomic E-state index is 0.770. The fourth-order valence-electron chi connectivity index (χ4n) is 2.51. The van der Waals surface area contributed by atoms with Crippen LogP contribution in [-0.4, -0.2) is 63.2 Å². The minimum absolute atomic E-state index is 0.770. The van der Waals surface area contributed by atoms with Crippen LogP contribution in [0.3, 0.4) is 0 Å². The van der Waals surface area contributed by atoms with E-state index in [1.807, 2.05) is 0 Å². The Morgan fingerprint density at radius 3 is 2.11 bits per heavy atom. The van der Waals surface area contributed by atoms with Crippen molar-refractivity contribution in [3.8, 4) is 0 Å². The van der Waals surface area contributed by atoms with Gasteiger partial charge in [-0.3, -0.25) is 9.80 Å². The molecule has 0 aliphatic carbocycles. The number of piperazine rings is 1. The third-order valence-corrected chi connectivity index (χ3v) is 3.77. The van der Waals surface area contributed by atoms with Gasteiger partial charge in [0.25, 0.3) is 0 Å². The van der Waals surface area contributed by atoms with E-state index in [0.29, 0.717) is 0 Å². The molecule has 0 aromatic heterocycles. The molecular weight excluding hydrogens is 236 g/mol. The number of benzene rings is 1. The molecule has 0 bridgehead atoms. The highest BCUT2D eigenvalue weighted by molar-refractivity contribution is 5.45. The first-order chi connectivity index (χ1) is 9.19. The molecular formula is C15H26N4. The highest BCUT2D eigenvalue weighted by Gasteiger charge is 2.15. The van der Waals surface area contributed by atoms with Crippen molar-refractivity contribution >= 4 is 5.69 Å². The number of hydrogen-bond acceptors (Lipinski definition) is 4. The normalized spacial score (nSPS) is 17.6. The summed E-state index contributed by atoms with van der Waals surface area (Å²) in [4.78, 5) is 7.11. The first kappa shape index (κ1) is 14.3. The van der Waals surface area contributed by atoms with E-state index in [0.717, 1.165) is 45.8 Å². The van der Waals surface area contributed by atoms with E-state index in [4.69, 9.17) is 5.73 Å². The minimum Gasteiger partial charge on any atom is -0.378 e. The number of hydrogen-bond donors (Lipinski definition) is 1. The first-order valence-electron chi connectivity index (χ1n) is 7.10. The molecule has 0 radical (unpaired) electrons. The molecule has 4 heteroatoms. The molecule has 1 heterocycles. The van der Waals surface area contributed by atoms with Crippen LogP contribution in [0.15, 0.2) is 24.3 Å². The molecule has 1 saturated heterocycles. The lowest BCUT2D eigenvalue weighted by atomic mass is 10.1. The van der Waals surface area contributed by atoms with Gasteiger partial charge in [0.05, 0.1) is 0 Å². The van der Waals surface area contributed by atoms with Gasteiger partial charge in [0.15, 0.2) is 0 Å². The van der Waals surface area contributed by atoms with Crippen LogP contribution in [0.4, 0.5) is 5.69 Å². The van der Waals surface area contributed by atoms with Gasteiger partial charge in [0.1, 0.15) is 0 Å². The maximum absolute atomic E-state index is 5.60. The third kappa shape index (κ3) is 4.20. The zero-order chi connectivity index (χ0) is 13.7. The van der Waals surface area contributed by atoms with Crippen LogP contribution in [0, 0.1) is 0 Å². The molecule has 19 heavy (non-hydrogen) atoms. The van der Waals surface area contributed by atoms with E-state index in [2.05, 4.69) is 53.1 Å². The Hall–Kier alpha value is -1.10. The van der Waals surface area contributed by atoms with Gasteiger partial charge < -0.3 is 10.6 Å². The Bertz CT molecular complexity index is 366. The van der Waals surface area contributed by atoms with Crippen LogP contribution in [0.1, 0.15) is 5.56 Å². The van der Waals surface area contributed by atoms with E-state index in [1.165, 1.54) is 11.3 Å². The second kappa shape index (κ2) is 6.89. The molecule has 0 amide bonds. The summed E-state index contributed by atoms with van der Waals surface area (Å²) in [5.74, 6) is 0. The lowest BCUT2D eigenvalue weighted by molar-refractivity contribution is 0.130. The van der Waals surface area contributed by atoms with Gasteiger partial charge in [-0.05, 0) is 17.7 Å². The fourth-order valence-corrected chi connectivity index (χ4v) is 2.51. The highest BCUT2D eigenvalue weighted by Crippen LogP contribution is 2.14. The van der Waals surface area contributed by atoms with Crippen molar-refractivity contribution in [2.75, 3.05) is 58.3 Å². The van der Waals surface area contributed by atoms with Crippen molar-refractivity contribution in [1.29, 1.82) is 0 Å². The van der Waals surface area contributed by atoms with Crippen molar-refractivity contribution in [2.45, 2.75) is 6.54 Å². The second-order valence-electron chi connectivity index (χ2n) is 5.47. The highest BCUT2D eigenvalue weighted by atomic mass is 15.3. The molecule has 1 aromatic rings. The average Bonchev–Trinajstić information content (AvgIpc) is 2.42. The number of nitrogens with zero attached hydrogens (tertiary/aromatic N) is 3. The topological polar surface area (TPSA) is 35.7 Å². The van der Waals surface area contributed by atoms with Gasteiger partial charge >= 0.3 is 0 Å². The zero-order valence-corrected chi connectivity index (χ0v) is 12.2. The summed E-state index contributed by atoms with van der Waals surface area (Å²) in [6, 6.07) is 8.86. The Balaban J connectivity index is 1.82. The number of anilines is 1. The molecule has 2 rings (SSSR count). The van der Waals surface area contributed by atoms with Crippen LogP contribution >= 0.6 is 0 Å². The largest absolute Gasteiger partial charge is 0.378 e. The van der Waals surface area contributed by atoms with Crippen LogP contribution in [0.2, 0.25) is 0 Å². The molecule has 4 nitrogen and oxygen atoms in total. The van der Waals surface area contributed by atoms with E-state index in [9.17, 15) is 0 Å². The Morgan fingerprint density at radius 2 is 1.58 bits per heavy atom. The van der Waals surface area contributed by atoms with Crippen molar-refractivity contribution in [2.24, 2.45) is 5.73 Å². The smallest absolute Gasteiger partial charge is 0.0361 e.